The van der Waals surface area contributed by atoms with E-state index >= 15 is 0 Å². The summed E-state index contributed by atoms with van der Waals surface area (Å²) in [7, 11) is 3.57. The summed E-state index contributed by atoms with van der Waals surface area (Å²) in [4.78, 5) is 52.9. The second-order valence-electron chi connectivity index (χ2n) is 11.4. The van der Waals surface area contributed by atoms with E-state index in [4.69, 9.17) is 19.6 Å². The molecule has 0 bridgehead atoms. The minimum atomic E-state index is -0.524. The fraction of sp³-hybridized carbons (Fsp3) is 0.171. The molecule has 0 radical (unpaired) electrons. The van der Waals surface area contributed by atoms with Gasteiger partial charge < -0.3 is 34.8 Å². The molecular formula is C35H32N10O5. The van der Waals surface area contributed by atoms with Gasteiger partial charge in [-0.05, 0) is 23.3 Å². The first kappa shape index (κ1) is 31.8. The molecule has 15 nitrogen and oxygen atoms in total. The number of nitrogens with two attached hydrogens (primary N) is 1. The molecule has 3 aromatic carbocycles. The van der Waals surface area contributed by atoms with Crippen LogP contribution in [0.5, 0.6) is 5.88 Å². The number of likely N-dealkylation sites (N-methyl/N-ethyl adjacent to an activating group) is 2. The van der Waals surface area contributed by atoms with Crippen LogP contribution in [-0.4, -0.2) is 74.9 Å². The number of fused-ring (bicyclic) bond motifs is 2. The Morgan fingerprint density at radius 2 is 1.86 bits per heavy atom. The molecule has 2 amide bonds. The van der Waals surface area contributed by atoms with Gasteiger partial charge in [0.2, 0.25) is 17.7 Å². The number of alkyl carbamates (subject to hydrolysis) is 1. The monoisotopic (exact) mass is 672 g/mol. The number of oxazole rings is 1. The molecule has 1 aliphatic rings. The molecule has 0 unspecified atom stereocenters. The van der Waals surface area contributed by atoms with Crippen LogP contribution in [0.1, 0.15) is 22.6 Å². The van der Waals surface area contributed by atoms with Crippen LogP contribution >= 0.6 is 0 Å². The summed E-state index contributed by atoms with van der Waals surface area (Å²) >= 11 is 0. The largest absolute Gasteiger partial charge is 0.471 e. The number of nitrogens with one attached hydrogen (secondary N) is 2. The van der Waals surface area contributed by atoms with E-state index in [2.05, 4.69) is 35.2 Å². The number of hydrogen-bond acceptors (Lipinski definition) is 12. The number of nitrogen functional groups attached to an aromatic ring is 1. The minimum Gasteiger partial charge on any atom is -0.471 e. The van der Waals surface area contributed by atoms with Gasteiger partial charge in [0.05, 0.1) is 12.9 Å². The number of carbonyl (C=O) groups is 2. The average Bonchev–Trinajstić information content (AvgIpc) is 3.84. The first-order valence-corrected chi connectivity index (χ1v) is 15.6. The van der Waals surface area contributed by atoms with Gasteiger partial charge in [-0.25, -0.2) is 19.8 Å². The summed E-state index contributed by atoms with van der Waals surface area (Å²) in [5.74, 6) is 1.000. The van der Waals surface area contributed by atoms with Gasteiger partial charge in [0, 0.05) is 44.0 Å². The van der Waals surface area contributed by atoms with Crippen LogP contribution in [-0.2, 0) is 22.7 Å². The predicted molar refractivity (Wildman–Crippen MR) is 186 cm³/mol. The molecule has 3 aromatic heterocycles. The quantitative estimate of drug-likeness (QED) is 0.167. The van der Waals surface area contributed by atoms with Crippen molar-refractivity contribution in [1.82, 2.24) is 35.1 Å². The fourth-order valence-electron chi connectivity index (χ4n) is 5.25. The maximum Gasteiger partial charge on any atom is 0.407 e. The summed E-state index contributed by atoms with van der Waals surface area (Å²) in [5.41, 5.74) is 11.7. The molecule has 15 heteroatoms. The number of imidazole rings is 1. The lowest BCUT2D eigenvalue weighted by Crippen LogP contribution is -2.28. The zero-order valence-electron chi connectivity index (χ0n) is 27.2. The topological polar surface area (TPSA) is 190 Å². The molecule has 0 atom stereocenters. The van der Waals surface area contributed by atoms with Crippen LogP contribution < -0.4 is 20.7 Å². The van der Waals surface area contributed by atoms with Crippen LogP contribution in [0.25, 0.3) is 28.3 Å². The van der Waals surface area contributed by atoms with Crippen LogP contribution in [0, 0.1) is 0 Å². The van der Waals surface area contributed by atoms with Crippen molar-refractivity contribution in [1.29, 1.82) is 0 Å². The number of nitrogens with zero attached hydrogens (tertiary/aromatic N) is 7. The first-order valence-electron chi connectivity index (χ1n) is 15.6. The maximum absolute atomic E-state index is 12.8. The number of aliphatic imine (C=N–C) groups is 1. The fourth-order valence-corrected chi connectivity index (χ4v) is 5.25. The Hall–Kier alpha value is -6.77. The molecule has 0 saturated carbocycles. The van der Waals surface area contributed by atoms with Crippen molar-refractivity contribution < 1.29 is 23.5 Å². The molecule has 0 saturated heterocycles. The minimum absolute atomic E-state index is 0.0922. The van der Waals surface area contributed by atoms with E-state index < -0.39 is 6.09 Å². The van der Waals surface area contributed by atoms with Gasteiger partial charge >= 0.3 is 6.09 Å². The highest BCUT2D eigenvalue weighted by Crippen LogP contribution is 2.26. The van der Waals surface area contributed by atoms with Crippen molar-refractivity contribution in [3.8, 4) is 5.88 Å². The van der Waals surface area contributed by atoms with Gasteiger partial charge in [-0.3, -0.25) is 9.69 Å². The zero-order valence-corrected chi connectivity index (χ0v) is 27.2. The first-order chi connectivity index (χ1) is 24.3. The molecule has 0 fully saturated rings. The molecule has 4 heterocycles. The molecule has 50 heavy (non-hydrogen) atoms. The third kappa shape index (κ3) is 6.92. The van der Waals surface area contributed by atoms with Crippen LogP contribution in [0.2, 0.25) is 0 Å². The van der Waals surface area contributed by atoms with Crippen LogP contribution in [0.4, 0.5) is 16.4 Å². The molecule has 7 rings (SSSR count). The second kappa shape index (κ2) is 13.8. The molecular weight excluding hydrogens is 640 g/mol. The van der Waals surface area contributed by atoms with Gasteiger partial charge in [0.15, 0.2) is 16.7 Å². The molecule has 252 valence electrons. The number of amides is 2. The SMILES string of the molecule is CN1C(=O)/C(=C\c2nc3ccc(N(C)CCOC(=O)NCc4ccc(COc5nc(N)nc6[nH]cnc56)cc4)cc3o2)N=C1c1ccccc1. The number of aromatic amines is 1. The summed E-state index contributed by atoms with van der Waals surface area (Å²) in [5, 5.41) is 2.77. The highest BCUT2D eigenvalue weighted by atomic mass is 16.5. The van der Waals surface area contributed by atoms with Crippen molar-refractivity contribution in [3.05, 3.63) is 107 Å². The molecule has 1 aliphatic heterocycles. The summed E-state index contributed by atoms with van der Waals surface area (Å²) in [6, 6.07) is 22.7. The van der Waals surface area contributed by atoms with E-state index in [-0.39, 0.29) is 36.7 Å². The van der Waals surface area contributed by atoms with E-state index in [1.165, 1.54) is 11.2 Å². The number of H-pyrrole nitrogens is 1. The van der Waals surface area contributed by atoms with Crippen molar-refractivity contribution in [2.45, 2.75) is 13.2 Å². The highest BCUT2D eigenvalue weighted by Gasteiger charge is 2.28. The number of aromatic nitrogens is 5. The summed E-state index contributed by atoms with van der Waals surface area (Å²) < 4.78 is 17.2. The molecule has 6 aromatic rings. The number of carbonyl (C=O) groups excluding carboxylic acids is 2. The molecule has 4 N–H and O–H groups in total. The standard InChI is InChI=1S/C35H32N10O5/c1-44(24-12-13-25-27(16-24)50-28(40-25)17-26-33(46)45(2)31(41-26)23-6-4-3-5-7-23)14-15-48-35(47)37-18-21-8-10-22(11-9-21)19-49-32-29-30(39-20-38-29)42-34(36)43-32/h3-13,16-17,20H,14-15,18-19H2,1-2H3,(H,37,47)(H3,36,38,39,42,43)/b26-17+. The Kier molecular flexibility index (Phi) is 8.75. The number of anilines is 2. The van der Waals surface area contributed by atoms with Gasteiger partial charge in [0.1, 0.15) is 30.3 Å². The highest BCUT2D eigenvalue weighted by molar-refractivity contribution is 6.19. The Balaban J connectivity index is 0.878. The van der Waals surface area contributed by atoms with Gasteiger partial charge in [-0.15, -0.1) is 0 Å². The maximum atomic E-state index is 12.8. The van der Waals surface area contributed by atoms with Crippen LogP contribution in [0.15, 0.2) is 94.2 Å². The van der Waals surface area contributed by atoms with Gasteiger partial charge in [0.25, 0.3) is 5.91 Å². The average molecular weight is 673 g/mol. The number of hydrogen-bond donors (Lipinski definition) is 3. The molecule has 0 spiro atoms. The lowest BCUT2D eigenvalue weighted by Gasteiger charge is -2.19. The van der Waals surface area contributed by atoms with Crippen LogP contribution in [0.3, 0.4) is 0 Å². The lowest BCUT2D eigenvalue weighted by molar-refractivity contribution is -0.121. The normalized spacial score (nSPS) is 13.6. The smallest absolute Gasteiger partial charge is 0.407 e. The Morgan fingerprint density at radius 1 is 1.06 bits per heavy atom. The zero-order chi connectivity index (χ0) is 34.6. The van der Waals surface area contributed by atoms with E-state index in [1.807, 2.05) is 84.7 Å². The van der Waals surface area contributed by atoms with E-state index in [9.17, 15) is 9.59 Å². The van der Waals surface area contributed by atoms with Gasteiger partial charge in [-0.1, -0.05) is 54.6 Å². The molecule has 0 aliphatic carbocycles. The Morgan fingerprint density at radius 3 is 2.68 bits per heavy atom. The van der Waals surface area contributed by atoms with Crippen molar-refractivity contribution in [3.63, 3.8) is 0 Å². The Bertz CT molecular complexity index is 2250. The Labute approximate surface area is 285 Å². The third-order valence-electron chi connectivity index (χ3n) is 7.95. The number of ether oxygens (including phenoxy) is 2. The second-order valence-corrected chi connectivity index (χ2v) is 11.4. The summed E-state index contributed by atoms with van der Waals surface area (Å²) in [6.07, 6.45) is 2.53. The number of amidine groups is 1. The third-order valence-corrected chi connectivity index (χ3v) is 7.95. The van der Waals surface area contributed by atoms with Gasteiger partial charge in [-0.2, -0.15) is 9.97 Å². The van der Waals surface area contributed by atoms with Crippen molar-refractivity contribution in [2.75, 3.05) is 37.9 Å². The van der Waals surface area contributed by atoms with E-state index in [1.54, 1.807) is 13.1 Å². The van der Waals surface area contributed by atoms with E-state index in [0.29, 0.717) is 47.1 Å². The predicted octanol–water partition coefficient (Wildman–Crippen LogP) is 4.28. The number of rotatable bonds is 11. The van der Waals surface area contributed by atoms with Crippen molar-refractivity contribution in [2.24, 2.45) is 4.99 Å². The number of benzene rings is 3. The summed E-state index contributed by atoms with van der Waals surface area (Å²) in [6.45, 7) is 1.17. The lowest BCUT2D eigenvalue weighted by atomic mass is 10.1. The van der Waals surface area contributed by atoms with Crippen molar-refractivity contribution >= 4 is 57.8 Å². The van der Waals surface area contributed by atoms with E-state index in [0.717, 1.165) is 22.4 Å².